The van der Waals surface area contributed by atoms with Crippen molar-refractivity contribution in [3.63, 3.8) is 0 Å². The van der Waals surface area contributed by atoms with E-state index in [4.69, 9.17) is 0 Å². The van der Waals surface area contributed by atoms with E-state index in [9.17, 15) is 14.4 Å². The van der Waals surface area contributed by atoms with Crippen LogP contribution in [0, 0.1) is 13.8 Å². The number of ketones is 1. The highest BCUT2D eigenvalue weighted by atomic mass is 79.9. The van der Waals surface area contributed by atoms with E-state index in [1.165, 1.54) is 0 Å². The second-order valence-electron chi connectivity index (χ2n) is 7.90. The van der Waals surface area contributed by atoms with E-state index in [0.29, 0.717) is 38.3 Å². The van der Waals surface area contributed by atoms with E-state index >= 15 is 0 Å². The van der Waals surface area contributed by atoms with Gasteiger partial charge in [-0.05, 0) is 37.1 Å². The molecule has 0 aromatic heterocycles. The minimum absolute atomic E-state index is 0.00917. The SMILES string of the molecule is Cc1cccc(C)c1NC(=O)CN1CCN(C(=O)CCC(=O)c2ccc(Br)cc2)CC1. The summed E-state index contributed by atoms with van der Waals surface area (Å²) in [5.74, 6) is -0.0787. The molecule has 1 N–H and O–H groups in total. The maximum atomic E-state index is 12.5. The number of carbonyl (C=O) groups excluding carboxylic acids is 3. The van der Waals surface area contributed by atoms with Crippen LogP contribution in [0.2, 0.25) is 0 Å². The molecule has 0 radical (unpaired) electrons. The smallest absolute Gasteiger partial charge is 0.238 e. The average molecular weight is 486 g/mol. The molecular formula is C24H28BrN3O3. The van der Waals surface area contributed by atoms with Crippen LogP contribution in [0.1, 0.15) is 34.3 Å². The summed E-state index contributed by atoms with van der Waals surface area (Å²) in [5.41, 5.74) is 3.58. The number of carbonyl (C=O) groups is 3. The van der Waals surface area contributed by atoms with Gasteiger partial charge in [0, 0.05) is 54.7 Å². The van der Waals surface area contributed by atoms with Crippen molar-refractivity contribution in [2.45, 2.75) is 26.7 Å². The van der Waals surface area contributed by atoms with E-state index < -0.39 is 0 Å². The van der Waals surface area contributed by atoms with Crippen molar-refractivity contribution in [2.75, 3.05) is 38.0 Å². The third-order valence-electron chi connectivity index (χ3n) is 5.57. The molecule has 164 valence electrons. The van der Waals surface area contributed by atoms with Crippen LogP contribution in [-0.2, 0) is 9.59 Å². The van der Waals surface area contributed by atoms with Gasteiger partial charge in [-0.15, -0.1) is 0 Å². The van der Waals surface area contributed by atoms with Gasteiger partial charge in [0.05, 0.1) is 6.54 Å². The molecule has 1 aliphatic heterocycles. The summed E-state index contributed by atoms with van der Waals surface area (Å²) in [5, 5.41) is 3.01. The normalized spacial score (nSPS) is 14.4. The van der Waals surface area contributed by atoms with E-state index in [0.717, 1.165) is 21.3 Å². The zero-order valence-corrected chi connectivity index (χ0v) is 19.6. The molecule has 2 aromatic carbocycles. The Labute approximate surface area is 191 Å². The fourth-order valence-corrected chi connectivity index (χ4v) is 3.97. The topological polar surface area (TPSA) is 69.7 Å². The van der Waals surface area contributed by atoms with Crippen LogP contribution >= 0.6 is 15.9 Å². The predicted octanol–water partition coefficient (Wildman–Crippen LogP) is 3.81. The number of para-hydroxylation sites is 1. The lowest BCUT2D eigenvalue weighted by atomic mass is 10.1. The highest BCUT2D eigenvalue weighted by molar-refractivity contribution is 9.10. The molecule has 0 saturated carbocycles. The first-order valence-electron chi connectivity index (χ1n) is 10.5. The number of anilines is 1. The molecule has 7 heteroatoms. The molecule has 1 aliphatic rings. The fourth-order valence-electron chi connectivity index (χ4n) is 3.71. The summed E-state index contributed by atoms with van der Waals surface area (Å²) in [6, 6.07) is 13.1. The standard InChI is InChI=1S/C24H28BrN3O3/c1-17-4-3-5-18(2)24(17)26-22(30)16-27-12-14-28(15-13-27)23(31)11-10-21(29)19-6-8-20(25)9-7-19/h3-9H,10-16H2,1-2H3,(H,26,30). The molecule has 0 atom stereocenters. The monoisotopic (exact) mass is 485 g/mol. The van der Waals surface area contributed by atoms with Crippen LogP contribution in [-0.4, -0.2) is 60.1 Å². The number of Topliss-reactive ketones (excluding diaryl/α,β-unsaturated/α-hetero) is 1. The lowest BCUT2D eigenvalue weighted by molar-refractivity contribution is -0.133. The summed E-state index contributed by atoms with van der Waals surface area (Å²) in [6.45, 7) is 6.70. The Morgan fingerprint density at radius 2 is 1.52 bits per heavy atom. The fraction of sp³-hybridized carbons (Fsp3) is 0.375. The highest BCUT2D eigenvalue weighted by Gasteiger charge is 2.23. The Balaban J connectivity index is 1.41. The quantitative estimate of drug-likeness (QED) is 0.605. The second-order valence-corrected chi connectivity index (χ2v) is 8.82. The van der Waals surface area contributed by atoms with Crippen LogP contribution in [0.5, 0.6) is 0 Å². The van der Waals surface area contributed by atoms with Gasteiger partial charge in [-0.2, -0.15) is 0 Å². The third kappa shape index (κ3) is 6.48. The van der Waals surface area contributed by atoms with Crippen molar-refractivity contribution in [1.82, 2.24) is 9.80 Å². The first kappa shape index (κ1) is 23.2. The number of piperazine rings is 1. The van der Waals surface area contributed by atoms with Crippen molar-refractivity contribution in [3.05, 3.63) is 63.6 Å². The maximum Gasteiger partial charge on any atom is 0.238 e. The molecule has 1 saturated heterocycles. The lowest BCUT2D eigenvalue weighted by Gasteiger charge is -2.34. The van der Waals surface area contributed by atoms with Crippen molar-refractivity contribution < 1.29 is 14.4 Å². The molecule has 2 aromatic rings. The van der Waals surface area contributed by atoms with Crippen LogP contribution in [0.15, 0.2) is 46.9 Å². The number of nitrogens with zero attached hydrogens (tertiary/aromatic N) is 2. The van der Waals surface area contributed by atoms with Gasteiger partial charge < -0.3 is 10.2 Å². The van der Waals surface area contributed by atoms with Crippen molar-refractivity contribution >= 4 is 39.2 Å². The van der Waals surface area contributed by atoms with E-state index in [1.54, 1.807) is 17.0 Å². The highest BCUT2D eigenvalue weighted by Crippen LogP contribution is 2.19. The van der Waals surface area contributed by atoms with Gasteiger partial charge in [0.15, 0.2) is 5.78 Å². The number of benzene rings is 2. The Morgan fingerprint density at radius 3 is 2.13 bits per heavy atom. The lowest BCUT2D eigenvalue weighted by Crippen LogP contribution is -2.50. The first-order valence-corrected chi connectivity index (χ1v) is 11.3. The minimum Gasteiger partial charge on any atom is -0.340 e. The van der Waals surface area contributed by atoms with Crippen molar-refractivity contribution in [2.24, 2.45) is 0 Å². The molecule has 1 fully saturated rings. The molecule has 3 rings (SSSR count). The Bertz CT molecular complexity index is 931. The summed E-state index contributed by atoms with van der Waals surface area (Å²) >= 11 is 3.35. The Hall–Kier alpha value is -2.51. The molecule has 6 nitrogen and oxygen atoms in total. The molecule has 0 bridgehead atoms. The maximum absolute atomic E-state index is 12.5. The first-order chi connectivity index (χ1) is 14.8. The molecule has 0 aliphatic carbocycles. The van der Waals surface area contributed by atoms with E-state index in [1.807, 2.05) is 44.2 Å². The largest absolute Gasteiger partial charge is 0.340 e. The summed E-state index contributed by atoms with van der Waals surface area (Å²) < 4.78 is 0.917. The van der Waals surface area contributed by atoms with Crippen LogP contribution in [0.4, 0.5) is 5.69 Å². The Kier molecular flexibility index (Phi) is 7.98. The van der Waals surface area contributed by atoms with E-state index in [-0.39, 0.29) is 30.4 Å². The summed E-state index contributed by atoms with van der Waals surface area (Å²) in [7, 11) is 0. The van der Waals surface area contributed by atoms with Gasteiger partial charge in [-0.3, -0.25) is 19.3 Å². The number of amides is 2. The van der Waals surface area contributed by atoms with Crippen LogP contribution < -0.4 is 5.32 Å². The summed E-state index contributed by atoms with van der Waals surface area (Å²) in [4.78, 5) is 41.1. The molecular weight excluding hydrogens is 458 g/mol. The Morgan fingerprint density at radius 1 is 0.903 bits per heavy atom. The van der Waals surface area contributed by atoms with Crippen molar-refractivity contribution in [3.8, 4) is 0 Å². The van der Waals surface area contributed by atoms with Gasteiger partial charge in [0.1, 0.15) is 0 Å². The molecule has 1 heterocycles. The van der Waals surface area contributed by atoms with Crippen molar-refractivity contribution in [1.29, 1.82) is 0 Å². The van der Waals surface area contributed by atoms with E-state index in [2.05, 4.69) is 26.1 Å². The second kappa shape index (κ2) is 10.7. The van der Waals surface area contributed by atoms with Gasteiger partial charge in [0.2, 0.25) is 11.8 Å². The number of hydrogen-bond acceptors (Lipinski definition) is 4. The average Bonchev–Trinajstić information content (AvgIpc) is 2.75. The molecule has 2 amide bonds. The molecule has 0 unspecified atom stereocenters. The number of hydrogen-bond donors (Lipinski definition) is 1. The third-order valence-corrected chi connectivity index (χ3v) is 6.10. The number of nitrogens with one attached hydrogen (secondary N) is 1. The number of halogens is 1. The molecule has 0 spiro atoms. The van der Waals surface area contributed by atoms with Gasteiger partial charge >= 0.3 is 0 Å². The van der Waals surface area contributed by atoms with Gasteiger partial charge in [0.25, 0.3) is 0 Å². The van der Waals surface area contributed by atoms with Gasteiger partial charge in [-0.25, -0.2) is 0 Å². The number of aryl methyl sites for hydroxylation is 2. The zero-order valence-electron chi connectivity index (χ0n) is 18.0. The predicted molar refractivity (Wildman–Crippen MR) is 125 cm³/mol. The van der Waals surface area contributed by atoms with Crippen LogP contribution in [0.25, 0.3) is 0 Å². The number of rotatable bonds is 7. The van der Waals surface area contributed by atoms with Crippen LogP contribution in [0.3, 0.4) is 0 Å². The summed E-state index contributed by atoms with van der Waals surface area (Å²) in [6.07, 6.45) is 0.417. The van der Waals surface area contributed by atoms with Gasteiger partial charge in [-0.1, -0.05) is 46.3 Å². The minimum atomic E-state index is -0.0442. The molecule has 31 heavy (non-hydrogen) atoms. The zero-order chi connectivity index (χ0) is 22.4.